The molecule has 1 heterocycles. The van der Waals surface area contributed by atoms with Crippen LogP contribution in [0.5, 0.6) is 0 Å². The maximum atomic E-state index is 8.94. The third kappa shape index (κ3) is 1.20. The summed E-state index contributed by atoms with van der Waals surface area (Å²) in [6.07, 6.45) is 4.08. The van der Waals surface area contributed by atoms with Crippen molar-refractivity contribution in [2.45, 2.75) is 19.9 Å². The molecule has 0 radical (unpaired) electrons. The predicted octanol–water partition coefficient (Wildman–Crippen LogP) is 1.62. The van der Waals surface area contributed by atoms with Crippen molar-refractivity contribution < 1.29 is 0 Å². The predicted molar refractivity (Wildman–Crippen MR) is 51.9 cm³/mol. The Morgan fingerprint density at radius 3 is 2.92 bits per heavy atom. The molecule has 0 aromatic heterocycles. The van der Waals surface area contributed by atoms with Gasteiger partial charge in [-0.05, 0) is 31.0 Å². The maximum absolute atomic E-state index is 8.94. The molecule has 3 atom stereocenters. The highest BCUT2D eigenvalue weighted by Gasteiger charge is 2.34. The lowest BCUT2D eigenvalue weighted by atomic mass is 9.79. The minimum atomic E-state index is 0.390. The van der Waals surface area contributed by atoms with Crippen LogP contribution in [0.1, 0.15) is 13.8 Å². The molecule has 1 aliphatic heterocycles. The number of hydrogen-bond acceptors (Lipinski definition) is 2. The van der Waals surface area contributed by atoms with E-state index >= 15 is 0 Å². The van der Waals surface area contributed by atoms with Crippen molar-refractivity contribution in [2.24, 2.45) is 11.8 Å². The molecule has 0 spiro atoms. The fourth-order valence-electron chi connectivity index (χ4n) is 2.33. The van der Waals surface area contributed by atoms with Gasteiger partial charge in [0.1, 0.15) is 0 Å². The molecule has 2 heteroatoms. The first-order valence-electron chi connectivity index (χ1n) is 4.79. The number of piperidine rings is 1. The lowest BCUT2D eigenvalue weighted by Crippen LogP contribution is -2.42. The van der Waals surface area contributed by atoms with Gasteiger partial charge in [0.15, 0.2) is 0 Å². The van der Waals surface area contributed by atoms with Crippen LogP contribution in [0.15, 0.2) is 23.3 Å². The number of nitrogens with one attached hydrogen (secondary N) is 1. The number of nitrogens with zero attached hydrogens (tertiary/aromatic N) is 1. The average Bonchev–Trinajstić information content (AvgIpc) is 2.56. The van der Waals surface area contributed by atoms with Crippen molar-refractivity contribution in [1.29, 1.82) is 5.26 Å². The van der Waals surface area contributed by atoms with Gasteiger partial charge in [0, 0.05) is 17.5 Å². The van der Waals surface area contributed by atoms with Crippen LogP contribution in [-0.4, -0.2) is 12.6 Å². The van der Waals surface area contributed by atoms with Crippen molar-refractivity contribution in [2.75, 3.05) is 6.54 Å². The number of allylic oxidation sites excluding steroid dienone is 3. The van der Waals surface area contributed by atoms with Gasteiger partial charge in [-0.2, -0.15) is 5.26 Å². The van der Waals surface area contributed by atoms with Crippen molar-refractivity contribution in [3.63, 3.8) is 0 Å². The maximum Gasteiger partial charge on any atom is 0.0953 e. The Hall–Kier alpha value is -1.07. The summed E-state index contributed by atoms with van der Waals surface area (Å²) in [5.74, 6) is 0.942. The van der Waals surface area contributed by atoms with Crippen molar-refractivity contribution >= 4 is 0 Å². The Morgan fingerprint density at radius 1 is 1.46 bits per heavy atom. The normalized spacial score (nSPS) is 37.5. The fraction of sp³-hybridized carbons (Fsp3) is 0.545. The van der Waals surface area contributed by atoms with Gasteiger partial charge in [-0.15, -0.1) is 0 Å². The summed E-state index contributed by atoms with van der Waals surface area (Å²) in [4.78, 5) is 0. The first-order valence-corrected chi connectivity index (χ1v) is 4.79. The minimum absolute atomic E-state index is 0.390. The van der Waals surface area contributed by atoms with E-state index in [2.05, 4.69) is 31.3 Å². The van der Waals surface area contributed by atoms with Crippen molar-refractivity contribution in [3.8, 4) is 6.07 Å². The summed E-state index contributed by atoms with van der Waals surface area (Å²) in [5, 5.41) is 12.4. The van der Waals surface area contributed by atoms with Crippen LogP contribution in [0, 0.1) is 23.2 Å². The second kappa shape index (κ2) is 3.01. The number of nitriles is 1. The van der Waals surface area contributed by atoms with Crippen LogP contribution < -0.4 is 5.32 Å². The summed E-state index contributed by atoms with van der Waals surface area (Å²) in [7, 11) is 0. The smallest absolute Gasteiger partial charge is 0.0953 e. The van der Waals surface area contributed by atoms with E-state index in [9.17, 15) is 0 Å². The summed E-state index contributed by atoms with van der Waals surface area (Å²) < 4.78 is 0. The molecule has 2 nitrogen and oxygen atoms in total. The SMILES string of the molecule is CC1NCC(C)C2C(C#N)=CC=C12. The van der Waals surface area contributed by atoms with Gasteiger partial charge in [0.05, 0.1) is 6.07 Å². The van der Waals surface area contributed by atoms with Gasteiger partial charge in [0.2, 0.25) is 0 Å². The summed E-state index contributed by atoms with van der Waals surface area (Å²) in [6, 6.07) is 2.73. The van der Waals surface area contributed by atoms with Crippen LogP contribution >= 0.6 is 0 Å². The molecule has 2 rings (SSSR count). The Morgan fingerprint density at radius 2 is 2.23 bits per heavy atom. The summed E-state index contributed by atoms with van der Waals surface area (Å²) in [5.41, 5.74) is 2.33. The van der Waals surface area contributed by atoms with E-state index < -0.39 is 0 Å². The molecule has 0 bridgehead atoms. The average molecular weight is 174 g/mol. The highest BCUT2D eigenvalue weighted by molar-refractivity contribution is 5.45. The molecule has 3 unspecified atom stereocenters. The first-order chi connectivity index (χ1) is 6.24. The van der Waals surface area contributed by atoms with Gasteiger partial charge >= 0.3 is 0 Å². The van der Waals surface area contributed by atoms with Gasteiger partial charge < -0.3 is 5.32 Å². The van der Waals surface area contributed by atoms with E-state index in [4.69, 9.17) is 5.26 Å². The largest absolute Gasteiger partial charge is 0.310 e. The van der Waals surface area contributed by atoms with E-state index in [1.54, 1.807) is 0 Å². The second-order valence-corrected chi connectivity index (χ2v) is 3.99. The van der Waals surface area contributed by atoms with Crippen LogP contribution in [-0.2, 0) is 0 Å². The number of fused-ring (bicyclic) bond motifs is 1. The molecule has 13 heavy (non-hydrogen) atoms. The van der Waals surface area contributed by atoms with Crippen LogP contribution in [0.25, 0.3) is 0 Å². The lowest BCUT2D eigenvalue weighted by molar-refractivity contribution is 0.352. The van der Waals surface area contributed by atoms with E-state index in [1.165, 1.54) is 5.57 Å². The van der Waals surface area contributed by atoms with E-state index in [0.29, 0.717) is 17.9 Å². The first kappa shape index (κ1) is 8.52. The van der Waals surface area contributed by atoms with E-state index in [-0.39, 0.29) is 0 Å². The Kier molecular flexibility index (Phi) is 1.97. The zero-order chi connectivity index (χ0) is 9.42. The van der Waals surface area contributed by atoms with Crippen LogP contribution in [0.2, 0.25) is 0 Å². The molecule has 0 saturated carbocycles. The van der Waals surface area contributed by atoms with Crippen LogP contribution in [0.3, 0.4) is 0 Å². The second-order valence-electron chi connectivity index (χ2n) is 3.99. The highest BCUT2D eigenvalue weighted by atomic mass is 14.9. The Bertz CT molecular complexity index is 319. The zero-order valence-corrected chi connectivity index (χ0v) is 8.04. The third-order valence-corrected chi connectivity index (χ3v) is 3.09. The number of hydrogen-bond donors (Lipinski definition) is 1. The molecular formula is C11H14N2. The standard InChI is InChI=1S/C11H14N2/c1-7-6-13-8(2)10-4-3-9(5-12)11(7)10/h3-4,7-8,11,13H,6H2,1-2H3. The minimum Gasteiger partial charge on any atom is -0.310 e. The quantitative estimate of drug-likeness (QED) is 0.605. The van der Waals surface area contributed by atoms with E-state index in [1.807, 2.05) is 6.08 Å². The van der Waals surface area contributed by atoms with Crippen molar-refractivity contribution in [1.82, 2.24) is 5.32 Å². The topological polar surface area (TPSA) is 35.8 Å². The number of rotatable bonds is 0. The fourth-order valence-corrected chi connectivity index (χ4v) is 2.33. The molecule has 0 aromatic rings. The monoisotopic (exact) mass is 174 g/mol. The van der Waals surface area contributed by atoms with Crippen molar-refractivity contribution in [3.05, 3.63) is 23.3 Å². The molecular weight excluding hydrogens is 160 g/mol. The molecule has 2 aliphatic rings. The zero-order valence-electron chi connectivity index (χ0n) is 8.04. The van der Waals surface area contributed by atoms with Crippen LogP contribution in [0.4, 0.5) is 0 Å². The molecule has 0 aromatic carbocycles. The summed E-state index contributed by atoms with van der Waals surface area (Å²) >= 11 is 0. The van der Waals surface area contributed by atoms with Gasteiger partial charge in [-0.25, -0.2) is 0 Å². The molecule has 1 saturated heterocycles. The lowest BCUT2D eigenvalue weighted by Gasteiger charge is -2.34. The molecule has 1 fully saturated rings. The Labute approximate surface area is 78.9 Å². The van der Waals surface area contributed by atoms with Gasteiger partial charge in [-0.1, -0.05) is 13.0 Å². The molecule has 68 valence electrons. The summed E-state index contributed by atoms with van der Waals surface area (Å²) in [6.45, 7) is 5.38. The van der Waals surface area contributed by atoms with Gasteiger partial charge in [0.25, 0.3) is 0 Å². The molecule has 1 aliphatic carbocycles. The van der Waals surface area contributed by atoms with E-state index in [0.717, 1.165) is 12.1 Å². The molecule has 0 amide bonds. The third-order valence-electron chi connectivity index (χ3n) is 3.09. The molecule has 1 N–H and O–H groups in total. The highest BCUT2D eigenvalue weighted by Crippen LogP contribution is 2.37. The Balaban J connectivity index is 2.30. The van der Waals surface area contributed by atoms with Gasteiger partial charge in [-0.3, -0.25) is 0 Å².